The van der Waals surface area contributed by atoms with Crippen molar-refractivity contribution in [1.29, 1.82) is 0 Å². The van der Waals surface area contributed by atoms with Crippen LogP contribution in [0.4, 0.5) is 5.69 Å². The maximum Gasteiger partial charge on any atom is 0.230 e. The highest BCUT2D eigenvalue weighted by Crippen LogP contribution is 2.39. The van der Waals surface area contributed by atoms with Gasteiger partial charge in [-0.1, -0.05) is 43.5 Å². The highest BCUT2D eigenvalue weighted by atomic mass is 16.5. The summed E-state index contributed by atoms with van der Waals surface area (Å²) in [4.78, 5) is 16.1. The van der Waals surface area contributed by atoms with Crippen molar-refractivity contribution >= 4 is 11.6 Å². The van der Waals surface area contributed by atoms with Gasteiger partial charge in [-0.05, 0) is 99.1 Å². The topological polar surface area (TPSA) is 73.4 Å². The fourth-order valence-corrected chi connectivity index (χ4v) is 6.55. The molecule has 2 aliphatic carbocycles. The van der Waals surface area contributed by atoms with Crippen LogP contribution in [0.3, 0.4) is 0 Å². The van der Waals surface area contributed by atoms with Crippen molar-refractivity contribution < 1.29 is 9.53 Å². The van der Waals surface area contributed by atoms with Crippen molar-refractivity contribution in [3.63, 3.8) is 0 Å². The Kier molecular flexibility index (Phi) is 8.71. The predicted molar refractivity (Wildman–Crippen MR) is 158 cm³/mol. The summed E-state index contributed by atoms with van der Waals surface area (Å²) in [5, 5.41) is 4.42. The minimum Gasteiger partial charge on any atom is -0.496 e. The number of nitrogens with zero attached hydrogens (tertiary/aromatic N) is 3. The zero-order valence-electron chi connectivity index (χ0n) is 23.8. The van der Waals surface area contributed by atoms with Gasteiger partial charge in [0.05, 0.1) is 19.5 Å². The van der Waals surface area contributed by atoms with E-state index in [4.69, 9.17) is 10.5 Å². The number of aryl methyl sites for hydroxylation is 1. The Labute approximate surface area is 233 Å². The van der Waals surface area contributed by atoms with Crippen molar-refractivity contribution in [3.8, 4) is 16.9 Å². The Morgan fingerprint density at radius 1 is 1.05 bits per heavy atom. The number of hydrogen-bond acceptors (Lipinski definition) is 4. The van der Waals surface area contributed by atoms with Gasteiger partial charge in [-0.25, -0.2) is 0 Å². The predicted octanol–water partition coefficient (Wildman–Crippen LogP) is 7.23. The van der Waals surface area contributed by atoms with E-state index in [1.165, 1.54) is 30.4 Å². The third kappa shape index (κ3) is 6.38. The largest absolute Gasteiger partial charge is 0.496 e. The third-order valence-electron chi connectivity index (χ3n) is 8.91. The van der Waals surface area contributed by atoms with Crippen molar-refractivity contribution in [3.05, 3.63) is 66.0 Å². The molecule has 1 unspecified atom stereocenters. The molecule has 5 rings (SSSR count). The summed E-state index contributed by atoms with van der Waals surface area (Å²) in [5.41, 5.74) is 11.7. The van der Waals surface area contributed by atoms with Crippen molar-refractivity contribution in [2.45, 2.75) is 83.7 Å². The second-order valence-corrected chi connectivity index (χ2v) is 11.7. The second kappa shape index (κ2) is 12.4. The molecule has 1 heterocycles. The average molecular weight is 529 g/mol. The van der Waals surface area contributed by atoms with E-state index in [1.807, 2.05) is 19.3 Å². The van der Waals surface area contributed by atoms with E-state index in [9.17, 15) is 4.79 Å². The molecule has 0 spiro atoms. The molecule has 6 nitrogen and oxygen atoms in total. The Hall–Kier alpha value is -3.12. The molecule has 2 saturated carbocycles. The lowest BCUT2D eigenvalue weighted by Crippen LogP contribution is -2.41. The van der Waals surface area contributed by atoms with Gasteiger partial charge in [0, 0.05) is 29.9 Å². The highest BCUT2D eigenvalue weighted by Gasteiger charge is 2.31. The number of anilines is 1. The standard InChI is InChI=1S/C33H44N4O2/c1-23-18-29(16-17-32(23)39-3)26-14-12-25(13-15-26)21-36(33(38)27-8-5-4-6-9-27)31-11-7-10-28(19-31)30-20-35-37(22-30)24(2)34/h7,10-11,16-20,22,24-27H,4-6,8-9,12-15,21,34H2,1-3H3/t24?,25-,26-. The molecule has 2 aliphatic rings. The molecule has 2 aromatic carbocycles. The fourth-order valence-electron chi connectivity index (χ4n) is 6.55. The number of amides is 1. The summed E-state index contributed by atoms with van der Waals surface area (Å²) in [6.45, 7) is 4.84. The summed E-state index contributed by atoms with van der Waals surface area (Å²) in [6, 6.07) is 15.1. The van der Waals surface area contributed by atoms with E-state index < -0.39 is 0 Å². The van der Waals surface area contributed by atoms with Crippen LogP contribution in [0.5, 0.6) is 5.75 Å². The maximum atomic E-state index is 14.0. The van der Waals surface area contributed by atoms with Gasteiger partial charge in [0.15, 0.2) is 0 Å². The van der Waals surface area contributed by atoms with Crippen LogP contribution in [0, 0.1) is 18.8 Å². The van der Waals surface area contributed by atoms with Gasteiger partial charge in [0.25, 0.3) is 0 Å². The number of carbonyl (C=O) groups is 1. The molecule has 39 heavy (non-hydrogen) atoms. The van der Waals surface area contributed by atoms with Crippen LogP contribution in [0.2, 0.25) is 0 Å². The fraction of sp³-hybridized carbons (Fsp3) is 0.515. The molecule has 0 saturated heterocycles. The number of rotatable bonds is 8. The van der Waals surface area contributed by atoms with Gasteiger partial charge in [0.1, 0.15) is 5.75 Å². The lowest BCUT2D eigenvalue weighted by Gasteiger charge is -2.35. The summed E-state index contributed by atoms with van der Waals surface area (Å²) in [7, 11) is 1.73. The number of methoxy groups -OCH3 is 1. The molecule has 208 valence electrons. The molecule has 6 heteroatoms. The molecule has 3 aromatic rings. The van der Waals surface area contributed by atoms with Crippen LogP contribution in [-0.4, -0.2) is 29.3 Å². The number of benzene rings is 2. The molecule has 1 amide bonds. The van der Waals surface area contributed by atoms with E-state index >= 15 is 0 Å². The van der Waals surface area contributed by atoms with Gasteiger partial charge >= 0.3 is 0 Å². The smallest absolute Gasteiger partial charge is 0.230 e. The monoisotopic (exact) mass is 528 g/mol. The number of nitrogens with two attached hydrogens (primary N) is 1. The van der Waals surface area contributed by atoms with Crippen LogP contribution >= 0.6 is 0 Å². The number of ether oxygens (including phenoxy) is 1. The van der Waals surface area contributed by atoms with Crippen LogP contribution in [0.25, 0.3) is 11.1 Å². The Bertz CT molecular complexity index is 1250. The molecule has 0 aliphatic heterocycles. The second-order valence-electron chi connectivity index (χ2n) is 11.7. The SMILES string of the molecule is COc1ccc([C@H]2CC[C@H](CN(C(=O)C3CCCCC3)c3cccc(-c4cnn(C(C)N)c4)c3)CC2)cc1C. The number of aromatic nitrogens is 2. The molecule has 0 bridgehead atoms. The minimum atomic E-state index is -0.178. The van der Waals surface area contributed by atoms with Gasteiger partial charge in [-0.2, -0.15) is 5.10 Å². The molecule has 2 N–H and O–H groups in total. The minimum absolute atomic E-state index is 0.141. The Morgan fingerprint density at radius 2 is 1.82 bits per heavy atom. The van der Waals surface area contributed by atoms with E-state index in [0.717, 1.165) is 67.6 Å². The molecular weight excluding hydrogens is 484 g/mol. The van der Waals surface area contributed by atoms with Crippen molar-refractivity contribution in [2.75, 3.05) is 18.6 Å². The zero-order valence-corrected chi connectivity index (χ0v) is 23.8. The lowest BCUT2D eigenvalue weighted by molar-refractivity contribution is -0.123. The van der Waals surface area contributed by atoms with Crippen LogP contribution in [-0.2, 0) is 4.79 Å². The van der Waals surface area contributed by atoms with Crippen molar-refractivity contribution in [1.82, 2.24) is 9.78 Å². The van der Waals surface area contributed by atoms with E-state index in [1.54, 1.807) is 11.8 Å². The zero-order chi connectivity index (χ0) is 27.4. The first-order valence-corrected chi connectivity index (χ1v) is 14.8. The van der Waals surface area contributed by atoms with Gasteiger partial charge in [-0.3, -0.25) is 9.48 Å². The number of hydrogen-bond donors (Lipinski definition) is 1. The Balaban J connectivity index is 1.33. The van der Waals surface area contributed by atoms with E-state index in [2.05, 4.69) is 59.4 Å². The van der Waals surface area contributed by atoms with Crippen LogP contribution < -0.4 is 15.4 Å². The Morgan fingerprint density at radius 3 is 2.49 bits per heavy atom. The van der Waals surface area contributed by atoms with E-state index in [0.29, 0.717) is 17.7 Å². The first-order chi connectivity index (χ1) is 18.9. The molecule has 1 atom stereocenters. The van der Waals surface area contributed by atoms with Gasteiger partial charge in [-0.15, -0.1) is 0 Å². The molecule has 2 fully saturated rings. The van der Waals surface area contributed by atoms with Crippen LogP contribution in [0.15, 0.2) is 54.9 Å². The van der Waals surface area contributed by atoms with Crippen LogP contribution in [0.1, 0.15) is 87.9 Å². The quantitative estimate of drug-likeness (QED) is 0.335. The summed E-state index contributed by atoms with van der Waals surface area (Å²) >= 11 is 0. The lowest BCUT2D eigenvalue weighted by atomic mass is 9.78. The molecule has 1 aromatic heterocycles. The summed E-state index contributed by atoms with van der Waals surface area (Å²) < 4.78 is 7.24. The normalized spacial score (nSPS) is 20.9. The van der Waals surface area contributed by atoms with E-state index in [-0.39, 0.29) is 12.1 Å². The summed E-state index contributed by atoms with van der Waals surface area (Å²) in [5.74, 6) is 2.50. The molecular formula is C33H44N4O2. The first-order valence-electron chi connectivity index (χ1n) is 14.8. The third-order valence-corrected chi connectivity index (χ3v) is 8.91. The van der Waals surface area contributed by atoms with Gasteiger partial charge < -0.3 is 15.4 Å². The van der Waals surface area contributed by atoms with Gasteiger partial charge in [0.2, 0.25) is 5.91 Å². The maximum absolute atomic E-state index is 14.0. The average Bonchev–Trinajstić information content (AvgIpc) is 3.48. The first kappa shape index (κ1) is 27.4. The number of carbonyl (C=O) groups excluding carboxylic acids is 1. The highest BCUT2D eigenvalue weighted by molar-refractivity contribution is 5.95. The van der Waals surface area contributed by atoms with Crippen molar-refractivity contribution in [2.24, 2.45) is 17.6 Å². The molecule has 0 radical (unpaired) electrons. The summed E-state index contributed by atoms with van der Waals surface area (Å²) in [6.07, 6.45) is 13.9.